The van der Waals surface area contributed by atoms with E-state index in [4.69, 9.17) is 11.6 Å². The molecular formula is C11H13ClOS2. The molecule has 1 aromatic rings. The third-order valence-electron chi connectivity index (χ3n) is 2.38. The molecule has 4 heteroatoms. The summed E-state index contributed by atoms with van der Waals surface area (Å²) < 4.78 is -0.482. The Morgan fingerprint density at radius 1 is 1.27 bits per heavy atom. The molecule has 0 aliphatic carbocycles. The maximum absolute atomic E-state index is 11.9. The highest BCUT2D eigenvalue weighted by Crippen LogP contribution is 2.38. The summed E-state index contributed by atoms with van der Waals surface area (Å²) >= 11 is 8.63. The smallest absolute Gasteiger partial charge is 0.208 e. The summed E-state index contributed by atoms with van der Waals surface area (Å²) in [4.78, 5) is 11.9. The third-order valence-corrected chi connectivity index (χ3v) is 4.78. The topological polar surface area (TPSA) is 17.1 Å². The molecule has 15 heavy (non-hydrogen) atoms. The second kappa shape index (κ2) is 5.28. The van der Waals surface area contributed by atoms with Gasteiger partial charge in [0.2, 0.25) is 5.12 Å². The van der Waals surface area contributed by atoms with Crippen LogP contribution < -0.4 is 0 Å². The van der Waals surface area contributed by atoms with Crippen molar-refractivity contribution in [1.29, 1.82) is 0 Å². The SMILES string of the molecule is CSC(=O)[C@](C)(SC)c1ccc(Cl)cc1. The van der Waals surface area contributed by atoms with Crippen molar-refractivity contribution >= 4 is 40.2 Å². The molecule has 0 saturated heterocycles. The fraction of sp³-hybridized carbons (Fsp3) is 0.364. The monoisotopic (exact) mass is 260 g/mol. The van der Waals surface area contributed by atoms with Gasteiger partial charge >= 0.3 is 0 Å². The Hall–Kier alpha value is -0.120. The van der Waals surface area contributed by atoms with Crippen molar-refractivity contribution in [2.24, 2.45) is 0 Å². The van der Waals surface area contributed by atoms with Crippen LogP contribution in [0.4, 0.5) is 0 Å². The van der Waals surface area contributed by atoms with E-state index in [9.17, 15) is 4.79 Å². The van der Waals surface area contributed by atoms with Gasteiger partial charge in [0.05, 0.1) is 0 Å². The van der Waals surface area contributed by atoms with Crippen LogP contribution in [0.1, 0.15) is 12.5 Å². The lowest BCUT2D eigenvalue weighted by Crippen LogP contribution is -2.25. The number of hydrogen-bond donors (Lipinski definition) is 0. The highest BCUT2D eigenvalue weighted by Gasteiger charge is 2.33. The molecule has 0 spiro atoms. The van der Waals surface area contributed by atoms with Gasteiger partial charge in [0.15, 0.2) is 0 Å². The van der Waals surface area contributed by atoms with Crippen molar-refractivity contribution in [3.05, 3.63) is 34.9 Å². The molecule has 1 nitrogen and oxygen atoms in total. The molecule has 0 fully saturated rings. The Bertz CT molecular complexity index is 350. The van der Waals surface area contributed by atoms with Crippen LogP contribution in [0.25, 0.3) is 0 Å². The second-order valence-corrected chi connectivity index (χ2v) is 5.68. The first-order valence-electron chi connectivity index (χ1n) is 4.44. The molecule has 1 rings (SSSR count). The number of hydrogen-bond acceptors (Lipinski definition) is 3. The van der Waals surface area contributed by atoms with E-state index in [1.54, 1.807) is 11.8 Å². The van der Waals surface area contributed by atoms with Crippen molar-refractivity contribution in [3.63, 3.8) is 0 Å². The Kier molecular flexibility index (Phi) is 4.56. The van der Waals surface area contributed by atoms with Crippen LogP contribution in [-0.2, 0) is 9.54 Å². The average Bonchev–Trinajstić information content (AvgIpc) is 2.27. The summed E-state index contributed by atoms with van der Waals surface area (Å²) in [7, 11) is 0. The van der Waals surface area contributed by atoms with Crippen molar-refractivity contribution in [2.75, 3.05) is 12.5 Å². The summed E-state index contributed by atoms with van der Waals surface area (Å²) in [5.41, 5.74) is 0.999. The maximum Gasteiger partial charge on any atom is 0.208 e. The minimum atomic E-state index is -0.482. The number of thioether (sulfide) groups is 2. The quantitative estimate of drug-likeness (QED) is 0.823. The molecule has 82 valence electrons. The van der Waals surface area contributed by atoms with Gasteiger partial charge in [-0.2, -0.15) is 0 Å². The van der Waals surface area contributed by atoms with Crippen molar-refractivity contribution in [1.82, 2.24) is 0 Å². The minimum Gasteiger partial charge on any atom is -0.285 e. The van der Waals surface area contributed by atoms with Gasteiger partial charge in [-0.25, -0.2) is 0 Å². The fourth-order valence-corrected chi connectivity index (χ4v) is 2.95. The van der Waals surface area contributed by atoms with Gasteiger partial charge in [0, 0.05) is 5.02 Å². The van der Waals surface area contributed by atoms with Crippen LogP contribution in [0.15, 0.2) is 24.3 Å². The summed E-state index contributed by atoms with van der Waals surface area (Å²) in [5, 5.41) is 0.858. The van der Waals surface area contributed by atoms with E-state index in [0.717, 1.165) is 5.56 Å². The molecule has 0 unspecified atom stereocenters. The lowest BCUT2D eigenvalue weighted by atomic mass is 10.0. The Balaban J connectivity index is 3.11. The molecule has 0 bridgehead atoms. The molecule has 0 radical (unpaired) electrons. The molecule has 0 heterocycles. The molecule has 0 amide bonds. The summed E-state index contributed by atoms with van der Waals surface area (Å²) in [6, 6.07) is 7.46. The molecule has 0 saturated carbocycles. The molecule has 0 aliphatic heterocycles. The van der Waals surface area contributed by atoms with Crippen LogP contribution in [0.3, 0.4) is 0 Å². The van der Waals surface area contributed by atoms with Crippen LogP contribution in [0.5, 0.6) is 0 Å². The zero-order valence-electron chi connectivity index (χ0n) is 8.91. The molecule has 1 atom stereocenters. The van der Waals surface area contributed by atoms with Crippen LogP contribution in [0.2, 0.25) is 5.02 Å². The summed E-state index contributed by atoms with van der Waals surface area (Å²) in [6.07, 6.45) is 3.76. The van der Waals surface area contributed by atoms with Gasteiger partial charge in [0.25, 0.3) is 0 Å². The second-order valence-electron chi connectivity index (χ2n) is 3.24. The zero-order chi connectivity index (χ0) is 11.5. The maximum atomic E-state index is 11.9. The van der Waals surface area contributed by atoms with Gasteiger partial charge in [-0.3, -0.25) is 4.79 Å². The van der Waals surface area contributed by atoms with Gasteiger partial charge in [0.1, 0.15) is 4.75 Å². The van der Waals surface area contributed by atoms with Gasteiger partial charge < -0.3 is 0 Å². The van der Waals surface area contributed by atoms with Crippen molar-refractivity contribution < 1.29 is 4.79 Å². The zero-order valence-corrected chi connectivity index (χ0v) is 11.3. The predicted octanol–water partition coefficient (Wildman–Crippen LogP) is 3.81. The lowest BCUT2D eigenvalue weighted by molar-refractivity contribution is -0.112. The summed E-state index contributed by atoms with van der Waals surface area (Å²) in [6.45, 7) is 1.94. The first kappa shape index (κ1) is 12.9. The Labute approximate surface area is 104 Å². The predicted molar refractivity (Wildman–Crippen MR) is 70.8 cm³/mol. The number of carbonyl (C=O) groups excluding carboxylic acids is 1. The first-order valence-corrected chi connectivity index (χ1v) is 7.27. The number of halogens is 1. The normalized spacial score (nSPS) is 14.7. The minimum absolute atomic E-state index is 0.164. The van der Waals surface area contributed by atoms with E-state index in [1.807, 2.05) is 43.7 Å². The first-order chi connectivity index (χ1) is 7.04. The van der Waals surface area contributed by atoms with E-state index < -0.39 is 4.75 Å². The van der Waals surface area contributed by atoms with E-state index in [1.165, 1.54) is 11.8 Å². The van der Waals surface area contributed by atoms with E-state index in [-0.39, 0.29) is 5.12 Å². The van der Waals surface area contributed by atoms with Crippen LogP contribution in [-0.4, -0.2) is 17.6 Å². The van der Waals surface area contributed by atoms with Gasteiger partial charge in [-0.1, -0.05) is 35.5 Å². The lowest BCUT2D eigenvalue weighted by Gasteiger charge is -2.25. The molecule has 1 aromatic carbocycles. The van der Waals surface area contributed by atoms with Crippen LogP contribution >= 0.6 is 35.1 Å². The third kappa shape index (κ3) is 2.71. The van der Waals surface area contributed by atoms with Crippen molar-refractivity contribution in [3.8, 4) is 0 Å². The molecule has 0 aromatic heterocycles. The highest BCUT2D eigenvalue weighted by atomic mass is 35.5. The number of carbonyl (C=O) groups is 1. The van der Waals surface area contributed by atoms with E-state index in [0.29, 0.717) is 5.02 Å². The van der Waals surface area contributed by atoms with E-state index in [2.05, 4.69) is 0 Å². The Morgan fingerprint density at radius 3 is 2.20 bits per heavy atom. The van der Waals surface area contributed by atoms with Crippen LogP contribution in [0, 0.1) is 0 Å². The molecule has 0 aliphatic rings. The average molecular weight is 261 g/mol. The standard InChI is InChI=1S/C11H13ClOS2/c1-11(15-3,10(13)14-2)8-4-6-9(12)7-5-8/h4-7H,1-3H3/t11-/m1/s1. The highest BCUT2D eigenvalue weighted by molar-refractivity contribution is 8.15. The van der Waals surface area contributed by atoms with E-state index >= 15 is 0 Å². The van der Waals surface area contributed by atoms with Gasteiger partial charge in [-0.15, -0.1) is 11.8 Å². The van der Waals surface area contributed by atoms with Gasteiger partial charge in [-0.05, 0) is 37.1 Å². The largest absolute Gasteiger partial charge is 0.285 e. The number of benzene rings is 1. The molecular weight excluding hydrogens is 248 g/mol. The Morgan fingerprint density at radius 2 is 1.80 bits per heavy atom. The number of rotatable bonds is 3. The summed E-state index contributed by atoms with van der Waals surface area (Å²) in [5.74, 6) is 0. The van der Waals surface area contributed by atoms with Crippen molar-refractivity contribution in [2.45, 2.75) is 11.7 Å². The fourth-order valence-electron chi connectivity index (χ4n) is 1.28. The molecule has 0 N–H and O–H groups in total.